The highest BCUT2D eigenvalue weighted by Gasteiger charge is 2.14. The number of methoxy groups -OCH3 is 1. The maximum atomic E-state index is 10.9. The van der Waals surface area contributed by atoms with Crippen LogP contribution in [0.2, 0.25) is 0 Å². The van der Waals surface area contributed by atoms with E-state index in [1.54, 1.807) is 0 Å². The fraction of sp³-hybridized carbons (Fsp3) is 0.357. The SMILES string of the molecule is COC(=O)CC(O)CC(O)C#Cc1ccccc1. The summed E-state index contributed by atoms with van der Waals surface area (Å²) in [4.78, 5) is 10.9. The Hall–Kier alpha value is -1.83. The van der Waals surface area contributed by atoms with Crippen molar-refractivity contribution in [2.24, 2.45) is 0 Å². The van der Waals surface area contributed by atoms with Gasteiger partial charge in [0.2, 0.25) is 0 Å². The highest BCUT2D eigenvalue weighted by Crippen LogP contribution is 2.04. The van der Waals surface area contributed by atoms with Gasteiger partial charge in [-0.2, -0.15) is 0 Å². The lowest BCUT2D eigenvalue weighted by Crippen LogP contribution is -2.20. The van der Waals surface area contributed by atoms with Crippen LogP contribution < -0.4 is 0 Å². The summed E-state index contributed by atoms with van der Waals surface area (Å²) in [5.41, 5.74) is 0.791. The number of ether oxygens (including phenoxy) is 1. The van der Waals surface area contributed by atoms with Gasteiger partial charge in [0, 0.05) is 12.0 Å². The molecule has 0 radical (unpaired) electrons. The van der Waals surface area contributed by atoms with Crippen LogP contribution in [0.1, 0.15) is 18.4 Å². The maximum Gasteiger partial charge on any atom is 0.308 e. The number of aliphatic hydroxyl groups is 2. The van der Waals surface area contributed by atoms with Gasteiger partial charge in [0.05, 0.1) is 19.6 Å². The van der Waals surface area contributed by atoms with E-state index in [9.17, 15) is 15.0 Å². The molecule has 18 heavy (non-hydrogen) atoms. The Labute approximate surface area is 106 Å². The number of carbonyl (C=O) groups is 1. The minimum atomic E-state index is -0.968. The molecule has 0 saturated carbocycles. The third-order valence-corrected chi connectivity index (χ3v) is 2.28. The number of carbonyl (C=O) groups excluding carboxylic acids is 1. The van der Waals surface area contributed by atoms with Gasteiger partial charge in [0.15, 0.2) is 0 Å². The van der Waals surface area contributed by atoms with Crippen molar-refractivity contribution in [3.05, 3.63) is 35.9 Å². The first-order valence-electron chi connectivity index (χ1n) is 5.61. The van der Waals surface area contributed by atoms with Crippen LogP contribution in [0.5, 0.6) is 0 Å². The molecule has 0 spiro atoms. The minimum absolute atomic E-state index is 0.0228. The first-order chi connectivity index (χ1) is 8.61. The molecule has 2 atom stereocenters. The Morgan fingerprint density at radius 1 is 1.33 bits per heavy atom. The molecule has 0 saturated heterocycles. The van der Waals surface area contributed by atoms with Crippen LogP contribution in [-0.4, -0.2) is 35.5 Å². The molecule has 0 aliphatic carbocycles. The summed E-state index contributed by atoms with van der Waals surface area (Å²) in [6, 6.07) is 9.22. The standard InChI is InChI=1S/C14H16O4/c1-18-14(17)10-13(16)9-12(15)8-7-11-5-3-2-4-6-11/h2-6,12-13,15-16H,9-10H2,1H3. The maximum absolute atomic E-state index is 10.9. The van der Waals surface area contributed by atoms with Gasteiger partial charge < -0.3 is 14.9 Å². The van der Waals surface area contributed by atoms with Crippen LogP contribution in [0.25, 0.3) is 0 Å². The van der Waals surface area contributed by atoms with Crippen molar-refractivity contribution in [3.63, 3.8) is 0 Å². The molecule has 0 fully saturated rings. The van der Waals surface area contributed by atoms with Crippen LogP contribution >= 0.6 is 0 Å². The van der Waals surface area contributed by atoms with Crippen molar-refractivity contribution in [1.29, 1.82) is 0 Å². The zero-order valence-electron chi connectivity index (χ0n) is 10.2. The minimum Gasteiger partial charge on any atom is -0.469 e. The lowest BCUT2D eigenvalue weighted by molar-refractivity contribution is -0.143. The number of benzene rings is 1. The van der Waals surface area contributed by atoms with Crippen LogP contribution in [0, 0.1) is 11.8 Å². The van der Waals surface area contributed by atoms with E-state index in [1.165, 1.54) is 7.11 Å². The zero-order valence-corrected chi connectivity index (χ0v) is 10.2. The fourth-order valence-corrected chi connectivity index (χ4v) is 1.36. The van der Waals surface area contributed by atoms with Crippen molar-refractivity contribution in [3.8, 4) is 11.8 Å². The second kappa shape index (κ2) is 7.49. The summed E-state index contributed by atoms with van der Waals surface area (Å²) in [5.74, 6) is 4.90. The molecule has 0 aliphatic rings. The Bertz CT molecular complexity index is 430. The molecule has 1 rings (SSSR count). The summed E-state index contributed by atoms with van der Waals surface area (Å²) in [7, 11) is 1.25. The number of rotatable bonds is 4. The molecule has 1 aromatic rings. The number of hydrogen-bond donors (Lipinski definition) is 2. The van der Waals surface area contributed by atoms with Crippen LogP contribution in [0.4, 0.5) is 0 Å². The van der Waals surface area contributed by atoms with E-state index in [2.05, 4.69) is 16.6 Å². The van der Waals surface area contributed by atoms with Crippen molar-refractivity contribution >= 4 is 5.97 Å². The van der Waals surface area contributed by atoms with Gasteiger partial charge in [-0.15, -0.1) is 0 Å². The molecule has 2 unspecified atom stereocenters. The largest absolute Gasteiger partial charge is 0.469 e. The van der Waals surface area contributed by atoms with Gasteiger partial charge in [-0.1, -0.05) is 30.0 Å². The molecule has 4 nitrogen and oxygen atoms in total. The van der Waals surface area contributed by atoms with E-state index < -0.39 is 18.2 Å². The van der Waals surface area contributed by atoms with Gasteiger partial charge in [-0.3, -0.25) is 4.79 Å². The third-order valence-electron chi connectivity index (χ3n) is 2.28. The molecule has 2 N–H and O–H groups in total. The van der Waals surface area contributed by atoms with Crippen LogP contribution in [-0.2, 0) is 9.53 Å². The smallest absolute Gasteiger partial charge is 0.308 e. The fourth-order valence-electron chi connectivity index (χ4n) is 1.36. The first-order valence-corrected chi connectivity index (χ1v) is 5.61. The highest BCUT2D eigenvalue weighted by molar-refractivity contribution is 5.69. The van der Waals surface area contributed by atoms with Gasteiger partial charge in [-0.05, 0) is 12.1 Å². The normalized spacial score (nSPS) is 13.1. The Morgan fingerprint density at radius 3 is 2.61 bits per heavy atom. The Kier molecular flexibility index (Phi) is 5.92. The third kappa shape index (κ3) is 5.48. The van der Waals surface area contributed by atoms with E-state index in [1.807, 2.05) is 30.3 Å². The van der Waals surface area contributed by atoms with Gasteiger partial charge in [0.25, 0.3) is 0 Å². The average molecular weight is 248 g/mol. The number of hydrogen-bond acceptors (Lipinski definition) is 4. The summed E-state index contributed by atoms with van der Waals surface area (Å²) >= 11 is 0. The zero-order chi connectivity index (χ0) is 13.4. The van der Waals surface area contributed by atoms with Crippen LogP contribution in [0.3, 0.4) is 0 Å². The second-order valence-electron chi connectivity index (χ2n) is 3.82. The summed E-state index contributed by atoms with van der Waals surface area (Å²) < 4.78 is 4.42. The molecule has 96 valence electrons. The summed E-state index contributed by atoms with van der Waals surface area (Å²) in [5, 5.41) is 19.1. The topological polar surface area (TPSA) is 66.8 Å². The van der Waals surface area contributed by atoms with Gasteiger partial charge in [0.1, 0.15) is 6.10 Å². The van der Waals surface area contributed by atoms with E-state index in [0.717, 1.165) is 5.56 Å². The lowest BCUT2D eigenvalue weighted by Gasteiger charge is -2.10. The monoisotopic (exact) mass is 248 g/mol. The average Bonchev–Trinajstić information content (AvgIpc) is 2.37. The molecule has 0 amide bonds. The highest BCUT2D eigenvalue weighted by atomic mass is 16.5. The Balaban J connectivity index is 2.44. The predicted octanol–water partition coefficient (Wildman–Crippen LogP) is 0.713. The van der Waals surface area contributed by atoms with Crippen molar-refractivity contribution < 1.29 is 19.7 Å². The van der Waals surface area contributed by atoms with Crippen molar-refractivity contribution in [2.75, 3.05) is 7.11 Å². The molecule has 0 bridgehead atoms. The van der Waals surface area contributed by atoms with Crippen molar-refractivity contribution in [2.45, 2.75) is 25.0 Å². The molecular weight excluding hydrogens is 232 g/mol. The lowest BCUT2D eigenvalue weighted by atomic mass is 10.1. The van der Waals surface area contributed by atoms with Gasteiger partial charge in [-0.25, -0.2) is 0 Å². The second-order valence-corrected chi connectivity index (χ2v) is 3.82. The first kappa shape index (κ1) is 14.2. The predicted molar refractivity (Wildman–Crippen MR) is 66.6 cm³/mol. The van der Waals surface area contributed by atoms with Crippen molar-refractivity contribution in [1.82, 2.24) is 0 Å². The quantitative estimate of drug-likeness (QED) is 0.608. The van der Waals surface area contributed by atoms with E-state index >= 15 is 0 Å². The van der Waals surface area contributed by atoms with E-state index in [-0.39, 0.29) is 12.8 Å². The molecular formula is C14H16O4. The molecule has 4 heteroatoms. The van der Waals surface area contributed by atoms with E-state index in [0.29, 0.717) is 0 Å². The summed E-state index contributed by atoms with van der Waals surface area (Å²) in [6.07, 6.45) is -2.03. The Morgan fingerprint density at radius 2 is 2.00 bits per heavy atom. The van der Waals surface area contributed by atoms with Gasteiger partial charge >= 0.3 is 5.97 Å². The molecule has 0 aromatic heterocycles. The molecule has 0 heterocycles. The summed E-state index contributed by atoms with van der Waals surface area (Å²) in [6.45, 7) is 0. The number of esters is 1. The number of aliphatic hydroxyl groups excluding tert-OH is 2. The molecule has 0 aliphatic heterocycles. The molecule has 1 aromatic carbocycles. The van der Waals surface area contributed by atoms with Crippen LogP contribution in [0.15, 0.2) is 30.3 Å². The van der Waals surface area contributed by atoms with E-state index in [4.69, 9.17) is 0 Å².